The molecule has 1 aromatic carbocycles. The molecule has 0 saturated heterocycles. The first-order valence-corrected chi connectivity index (χ1v) is 8.74. The van der Waals surface area contributed by atoms with Crippen molar-refractivity contribution in [3.8, 4) is 22.1 Å². The van der Waals surface area contributed by atoms with Crippen molar-refractivity contribution < 1.29 is 14.3 Å². The van der Waals surface area contributed by atoms with Gasteiger partial charge in [0.05, 0.1) is 10.6 Å². The van der Waals surface area contributed by atoms with E-state index in [1.54, 1.807) is 17.4 Å². The molecule has 0 saturated carbocycles. The molecule has 1 N–H and O–H groups in total. The van der Waals surface area contributed by atoms with E-state index in [1.165, 1.54) is 11.3 Å². The molecule has 3 heterocycles. The number of hydrogen-bond acceptors (Lipinski definition) is 6. The summed E-state index contributed by atoms with van der Waals surface area (Å²) in [6.45, 7) is 0.187. The summed E-state index contributed by atoms with van der Waals surface area (Å²) in [6.07, 6.45) is -0.681. The largest absolute Gasteiger partial charge is 0.485 e. The van der Waals surface area contributed by atoms with Crippen LogP contribution in [-0.2, 0) is 4.79 Å². The molecule has 4 rings (SSSR count). The molecule has 7 heteroatoms. The van der Waals surface area contributed by atoms with E-state index in [2.05, 4.69) is 10.3 Å². The van der Waals surface area contributed by atoms with Crippen LogP contribution in [0.4, 0.5) is 5.13 Å². The number of para-hydroxylation sites is 2. The number of amides is 1. The van der Waals surface area contributed by atoms with Gasteiger partial charge in [-0.15, -0.1) is 22.7 Å². The molecule has 1 aliphatic rings. The van der Waals surface area contributed by atoms with Crippen molar-refractivity contribution in [1.29, 1.82) is 0 Å². The highest BCUT2D eigenvalue weighted by Crippen LogP contribution is 2.32. The Morgan fingerprint density at radius 1 is 1.17 bits per heavy atom. The van der Waals surface area contributed by atoms with Crippen LogP contribution in [0.15, 0.2) is 47.2 Å². The molecule has 0 bridgehead atoms. The molecule has 0 fully saturated rings. The van der Waals surface area contributed by atoms with Crippen LogP contribution in [0.25, 0.3) is 10.6 Å². The maximum absolute atomic E-state index is 12.3. The summed E-state index contributed by atoms with van der Waals surface area (Å²) < 4.78 is 11.2. The average molecular weight is 344 g/mol. The summed E-state index contributed by atoms with van der Waals surface area (Å²) in [7, 11) is 0. The number of fused-ring (bicyclic) bond motifs is 1. The van der Waals surface area contributed by atoms with Crippen LogP contribution in [-0.4, -0.2) is 23.6 Å². The summed E-state index contributed by atoms with van der Waals surface area (Å²) in [5.41, 5.74) is 0.867. The highest BCUT2D eigenvalue weighted by molar-refractivity contribution is 7.16. The minimum Gasteiger partial charge on any atom is -0.485 e. The Balaban J connectivity index is 1.45. The van der Waals surface area contributed by atoms with Gasteiger partial charge in [0, 0.05) is 5.38 Å². The standard InChI is InChI=1S/C16H12N2O3S2/c19-15(13-8-20-11-4-1-2-5-12(11)21-13)18-16-17-10(9-23-16)14-6-3-7-22-14/h1-7,9,13H,8H2,(H,17,18,19)/t13-/m0/s1. The summed E-state index contributed by atoms with van der Waals surface area (Å²) in [4.78, 5) is 17.8. The third-order valence-electron chi connectivity index (χ3n) is 3.31. The molecule has 0 radical (unpaired) electrons. The lowest BCUT2D eigenvalue weighted by atomic mass is 10.2. The number of rotatable bonds is 3. The zero-order valence-electron chi connectivity index (χ0n) is 11.9. The van der Waals surface area contributed by atoms with E-state index in [0.29, 0.717) is 16.6 Å². The zero-order chi connectivity index (χ0) is 15.6. The second kappa shape index (κ2) is 6.02. The highest BCUT2D eigenvalue weighted by atomic mass is 32.1. The van der Waals surface area contributed by atoms with Crippen LogP contribution in [0.5, 0.6) is 11.5 Å². The molecule has 1 atom stereocenters. The monoisotopic (exact) mass is 344 g/mol. The fraction of sp³-hybridized carbons (Fsp3) is 0.125. The van der Waals surface area contributed by atoms with Gasteiger partial charge >= 0.3 is 0 Å². The van der Waals surface area contributed by atoms with E-state index in [0.717, 1.165) is 10.6 Å². The molecular weight excluding hydrogens is 332 g/mol. The van der Waals surface area contributed by atoms with Gasteiger partial charge in [-0.05, 0) is 23.6 Å². The van der Waals surface area contributed by atoms with E-state index >= 15 is 0 Å². The van der Waals surface area contributed by atoms with Crippen LogP contribution in [0.2, 0.25) is 0 Å². The van der Waals surface area contributed by atoms with Gasteiger partial charge in [-0.1, -0.05) is 18.2 Å². The SMILES string of the molecule is O=C(Nc1nc(-c2cccs2)cs1)[C@@H]1COc2ccccc2O1. The Morgan fingerprint density at radius 2 is 2.04 bits per heavy atom. The van der Waals surface area contributed by atoms with Gasteiger partial charge in [-0.25, -0.2) is 4.98 Å². The predicted octanol–water partition coefficient (Wildman–Crippen LogP) is 3.65. The first-order valence-electron chi connectivity index (χ1n) is 6.98. The number of hydrogen-bond donors (Lipinski definition) is 1. The van der Waals surface area contributed by atoms with Gasteiger partial charge in [-0.3, -0.25) is 10.1 Å². The van der Waals surface area contributed by atoms with Gasteiger partial charge in [-0.2, -0.15) is 0 Å². The molecule has 1 aliphatic heterocycles. The lowest BCUT2D eigenvalue weighted by molar-refractivity contribution is -0.125. The number of thiophene rings is 1. The van der Waals surface area contributed by atoms with Gasteiger partial charge in [0.2, 0.25) is 6.10 Å². The summed E-state index contributed by atoms with van der Waals surface area (Å²) in [5.74, 6) is 0.981. The quantitative estimate of drug-likeness (QED) is 0.788. The van der Waals surface area contributed by atoms with Gasteiger partial charge in [0.25, 0.3) is 5.91 Å². The zero-order valence-corrected chi connectivity index (χ0v) is 13.5. The van der Waals surface area contributed by atoms with E-state index < -0.39 is 6.10 Å². The number of ether oxygens (including phenoxy) is 2. The Bertz CT molecular complexity index is 829. The van der Waals surface area contributed by atoms with Crippen LogP contribution in [0, 0.1) is 0 Å². The number of carbonyl (C=O) groups is 1. The molecule has 3 aromatic rings. The van der Waals surface area contributed by atoms with Crippen molar-refractivity contribution in [2.24, 2.45) is 0 Å². The normalized spacial score (nSPS) is 16.1. The minimum atomic E-state index is -0.681. The third-order valence-corrected chi connectivity index (χ3v) is 4.96. The van der Waals surface area contributed by atoms with Crippen molar-refractivity contribution in [3.05, 3.63) is 47.2 Å². The smallest absolute Gasteiger partial charge is 0.270 e. The molecule has 0 spiro atoms. The number of anilines is 1. The second-order valence-corrected chi connectivity index (χ2v) is 6.67. The topological polar surface area (TPSA) is 60.5 Å². The highest BCUT2D eigenvalue weighted by Gasteiger charge is 2.27. The van der Waals surface area contributed by atoms with Crippen molar-refractivity contribution in [2.45, 2.75) is 6.10 Å². The Kier molecular flexibility index (Phi) is 3.72. The maximum Gasteiger partial charge on any atom is 0.270 e. The average Bonchev–Trinajstić information content (AvgIpc) is 3.25. The van der Waals surface area contributed by atoms with Crippen LogP contribution in [0.3, 0.4) is 0 Å². The second-order valence-electron chi connectivity index (χ2n) is 4.87. The fourth-order valence-electron chi connectivity index (χ4n) is 2.20. The Morgan fingerprint density at radius 3 is 2.87 bits per heavy atom. The summed E-state index contributed by atoms with van der Waals surface area (Å²) in [5, 5.41) is 7.27. The van der Waals surface area contributed by atoms with Crippen LogP contribution in [0.1, 0.15) is 0 Å². The molecule has 2 aromatic heterocycles. The van der Waals surface area contributed by atoms with E-state index in [1.807, 2.05) is 41.1 Å². The minimum absolute atomic E-state index is 0.187. The molecule has 0 unspecified atom stereocenters. The van der Waals surface area contributed by atoms with Crippen molar-refractivity contribution in [3.63, 3.8) is 0 Å². The lowest BCUT2D eigenvalue weighted by Crippen LogP contribution is -2.40. The number of carbonyl (C=O) groups excluding carboxylic acids is 1. The van der Waals surface area contributed by atoms with E-state index in [4.69, 9.17) is 9.47 Å². The molecule has 116 valence electrons. The van der Waals surface area contributed by atoms with Gasteiger partial charge < -0.3 is 9.47 Å². The predicted molar refractivity (Wildman–Crippen MR) is 90.4 cm³/mol. The molecular formula is C16H12N2O3S2. The number of aromatic nitrogens is 1. The van der Waals surface area contributed by atoms with Gasteiger partial charge in [0.1, 0.15) is 6.61 Å². The molecule has 0 aliphatic carbocycles. The summed E-state index contributed by atoms with van der Waals surface area (Å²) >= 11 is 3.01. The van der Waals surface area contributed by atoms with E-state index in [9.17, 15) is 4.79 Å². The number of benzene rings is 1. The molecule has 5 nitrogen and oxygen atoms in total. The fourth-order valence-corrected chi connectivity index (χ4v) is 3.68. The number of nitrogens with one attached hydrogen (secondary N) is 1. The number of nitrogens with zero attached hydrogens (tertiary/aromatic N) is 1. The van der Waals surface area contributed by atoms with Crippen molar-refractivity contribution >= 4 is 33.7 Å². The maximum atomic E-state index is 12.3. The lowest BCUT2D eigenvalue weighted by Gasteiger charge is -2.25. The van der Waals surface area contributed by atoms with Crippen LogP contribution < -0.4 is 14.8 Å². The molecule has 23 heavy (non-hydrogen) atoms. The van der Waals surface area contributed by atoms with Crippen molar-refractivity contribution in [1.82, 2.24) is 4.98 Å². The van der Waals surface area contributed by atoms with Crippen LogP contribution >= 0.6 is 22.7 Å². The number of thiazole rings is 1. The van der Waals surface area contributed by atoms with Gasteiger partial charge in [0.15, 0.2) is 16.6 Å². The van der Waals surface area contributed by atoms with Crippen molar-refractivity contribution in [2.75, 3.05) is 11.9 Å². The Hall–Kier alpha value is -2.38. The Labute approximate surface area is 140 Å². The van der Waals surface area contributed by atoms with E-state index in [-0.39, 0.29) is 12.5 Å². The first-order chi connectivity index (χ1) is 11.3. The summed E-state index contributed by atoms with van der Waals surface area (Å²) in [6, 6.07) is 11.3. The first kappa shape index (κ1) is 14.2. The molecule has 1 amide bonds. The third kappa shape index (κ3) is 2.93.